The predicted octanol–water partition coefficient (Wildman–Crippen LogP) is 1.09. The van der Waals surface area contributed by atoms with E-state index >= 15 is 0 Å². The highest BCUT2D eigenvalue weighted by Crippen LogP contribution is 2.28. The van der Waals surface area contributed by atoms with Crippen LogP contribution in [-0.4, -0.2) is 53.4 Å². The van der Waals surface area contributed by atoms with Gasteiger partial charge in [-0.3, -0.25) is 14.6 Å². The highest BCUT2D eigenvalue weighted by Gasteiger charge is 2.32. The van der Waals surface area contributed by atoms with Gasteiger partial charge in [-0.05, 0) is 13.8 Å². The number of likely N-dealkylation sites (tertiary alicyclic amines) is 1. The summed E-state index contributed by atoms with van der Waals surface area (Å²) in [6.45, 7) is 9.30. The molecule has 3 heterocycles. The molecule has 1 amide bonds. The second kappa shape index (κ2) is 6.02. The summed E-state index contributed by atoms with van der Waals surface area (Å²) in [5.74, 6) is 0.332. The number of hydrogen-bond donors (Lipinski definition) is 1. The maximum atomic E-state index is 11.5. The van der Waals surface area contributed by atoms with Crippen molar-refractivity contribution >= 4 is 17.2 Å². The largest absolute Gasteiger partial charge is 0.359 e. The molecule has 2 aliphatic heterocycles. The van der Waals surface area contributed by atoms with E-state index in [1.54, 1.807) is 7.05 Å². The Hall–Kier alpha value is -0.980. The molecule has 0 radical (unpaired) electrons. The van der Waals surface area contributed by atoms with Crippen LogP contribution in [0.15, 0.2) is 0 Å². The molecule has 0 unspecified atom stereocenters. The first kappa shape index (κ1) is 14.9. The molecule has 1 aromatic rings. The van der Waals surface area contributed by atoms with Gasteiger partial charge in [-0.25, -0.2) is 4.98 Å². The van der Waals surface area contributed by atoms with Crippen molar-refractivity contribution in [1.82, 2.24) is 20.1 Å². The van der Waals surface area contributed by atoms with Gasteiger partial charge in [-0.1, -0.05) is 0 Å². The zero-order valence-electron chi connectivity index (χ0n) is 13.1. The van der Waals surface area contributed by atoms with E-state index in [9.17, 15) is 4.79 Å². The summed E-state index contributed by atoms with van der Waals surface area (Å²) in [7, 11) is 1.71. The minimum absolute atomic E-state index is 0.164. The molecule has 1 N–H and O–H groups in total. The van der Waals surface area contributed by atoms with Gasteiger partial charge in [-0.2, -0.15) is 0 Å². The molecular formula is C15H24N4OS. The maximum absolute atomic E-state index is 11.5. The lowest BCUT2D eigenvalue weighted by molar-refractivity contribution is -0.129. The molecule has 0 bridgehead atoms. The number of fused-ring (bicyclic) bond motifs is 1. The molecule has 0 saturated carbocycles. The van der Waals surface area contributed by atoms with Crippen LogP contribution in [0.3, 0.4) is 0 Å². The van der Waals surface area contributed by atoms with Crippen molar-refractivity contribution in [2.45, 2.75) is 39.4 Å². The van der Waals surface area contributed by atoms with Crippen LogP contribution in [0.5, 0.6) is 0 Å². The van der Waals surface area contributed by atoms with Crippen molar-refractivity contribution in [3.05, 3.63) is 15.6 Å². The van der Waals surface area contributed by atoms with Gasteiger partial charge < -0.3 is 5.32 Å². The van der Waals surface area contributed by atoms with Crippen molar-refractivity contribution in [2.24, 2.45) is 5.92 Å². The normalized spacial score (nSPS) is 20.4. The van der Waals surface area contributed by atoms with E-state index in [1.807, 2.05) is 11.3 Å². The summed E-state index contributed by atoms with van der Waals surface area (Å²) in [5, 5.41) is 3.93. The summed E-state index contributed by atoms with van der Waals surface area (Å²) < 4.78 is 0. The first-order valence-electron chi connectivity index (χ1n) is 7.72. The third-order valence-corrected chi connectivity index (χ3v) is 5.54. The van der Waals surface area contributed by atoms with E-state index < -0.39 is 0 Å². The van der Waals surface area contributed by atoms with Crippen LogP contribution in [0.2, 0.25) is 0 Å². The Kier molecular flexibility index (Phi) is 4.28. The molecule has 116 valence electrons. The molecule has 6 heteroatoms. The summed E-state index contributed by atoms with van der Waals surface area (Å²) in [5.41, 5.74) is 1.30. The van der Waals surface area contributed by atoms with E-state index in [2.05, 4.69) is 29.0 Å². The van der Waals surface area contributed by atoms with E-state index in [1.165, 1.54) is 15.6 Å². The van der Waals surface area contributed by atoms with E-state index in [-0.39, 0.29) is 11.8 Å². The molecule has 0 spiro atoms. The lowest BCUT2D eigenvalue weighted by atomic mass is 9.99. The molecule has 21 heavy (non-hydrogen) atoms. The molecule has 1 aromatic heterocycles. The van der Waals surface area contributed by atoms with Gasteiger partial charge in [0, 0.05) is 50.6 Å². The lowest BCUT2D eigenvalue weighted by Gasteiger charge is -2.37. The third-order valence-electron chi connectivity index (χ3n) is 4.47. The van der Waals surface area contributed by atoms with Crippen LogP contribution in [-0.2, 0) is 24.3 Å². The molecule has 0 aromatic carbocycles. The second-order valence-electron chi connectivity index (χ2n) is 6.30. The van der Waals surface area contributed by atoms with Crippen molar-refractivity contribution < 1.29 is 4.79 Å². The second-order valence-corrected chi connectivity index (χ2v) is 7.47. The van der Waals surface area contributed by atoms with E-state index in [0.29, 0.717) is 6.04 Å². The van der Waals surface area contributed by atoms with Crippen LogP contribution in [0, 0.1) is 5.92 Å². The number of carbonyl (C=O) groups is 1. The van der Waals surface area contributed by atoms with E-state index in [4.69, 9.17) is 4.98 Å². The number of rotatable bonds is 4. The van der Waals surface area contributed by atoms with Crippen molar-refractivity contribution in [1.29, 1.82) is 0 Å². The molecule has 5 nitrogen and oxygen atoms in total. The summed E-state index contributed by atoms with van der Waals surface area (Å²) in [4.78, 5) is 22.6. The van der Waals surface area contributed by atoms with Gasteiger partial charge in [0.05, 0.1) is 18.2 Å². The lowest BCUT2D eigenvalue weighted by Crippen LogP contribution is -2.52. The highest BCUT2D eigenvalue weighted by atomic mass is 32.1. The average molecular weight is 308 g/mol. The van der Waals surface area contributed by atoms with Crippen LogP contribution in [0.1, 0.15) is 29.4 Å². The van der Waals surface area contributed by atoms with Crippen LogP contribution in [0.25, 0.3) is 0 Å². The fourth-order valence-electron chi connectivity index (χ4n) is 3.04. The molecule has 1 fully saturated rings. The number of hydrogen-bond acceptors (Lipinski definition) is 5. The average Bonchev–Trinajstić information content (AvgIpc) is 2.82. The predicted molar refractivity (Wildman–Crippen MR) is 84.2 cm³/mol. The van der Waals surface area contributed by atoms with Crippen LogP contribution in [0.4, 0.5) is 0 Å². The Morgan fingerprint density at radius 1 is 1.48 bits per heavy atom. The Balaban J connectivity index is 1.56. The SMILES string of the molecule is CNC(=O)C1CN(Cc2nc3c(s2)CN(C(C)C)CC3)C1. The monoisotopic (exact) mass is 308 g/mol. The molecule has 0 aliphatic carbocycles. The quantitative estimate of drug-likeness (QED) is 0.904. The Bertz CT molecular complexity index is 522. The number of thiazole rings is 1. The first-order valence-corrected chi connectivity index (χ1v) is 8.54. The number of amides is 1. The molecule has 0 atom stereocenters. The summed E-state index contributed by atoms with van der Waals surface area (Å²) in [6, 6.07) is 0.604. The van der Waals surface area contributed by atoms with Crippen molar-refractivity contribution in [3.63, 3.8) is 0 Å². The zero-order valence-corrected chi connectivity index (χ0v) is 13.9. The van der Waals surface area contributed by atoms with Gasteiger partial charge in [0.1, 0.15) is 5.01 Å². The smallest absolute Gasteiger partial charge is 0.225 e. The van der Waals surface area contributed by atoms with Gasteiger partial charge in [0.15, 0.2) is 0 Å². The Morgan fingerprint density at radius 3 is 2.90 bits per heavy atom. The molecule has 3 rings (SSSR count). The fourth-order valence-corrected chi connectivity index (χ4v) is 4.22. The first-order chi connectivity index (χ1) is 10.1. The number of carbonyl (C=O) groups excluding carboxylic acids is 1. The standard InChI is InChI=1S/C15H24N4OS/c1-10(2)19-5-4-12-13(8-19)21-14(17-12)9-18-6-11(7-18)15(20)16-3/h10-11H,4-9H2,1-3H3,(H,16,20). The minimum Gasteiger partial charge on any atom is -0.359 e. The summed E-state index contributed by atoms with van der Waals surface area (Å²) in [6.07, 6.45) is 1.07. The van der Waals surface area contributed by atoms with Gasteiger partial charge in [0.25, 0.3) is 0 Å². The maximum Gasteiger partial charge on any atom is 0.225 e. The van der Waals surface area contributed by atoms with Crippen LogP contribution >= 0.6 is 11.3 Å². The van der Waals surface area contributed by atoms with Gasteiger partial charge >= 0.3 is 0 Å². The highest BCUT2D eigenvalue weighted by molar-refractivity contribution is 7.11. The number of nitrogens with one attached hydrogen (secondary N) is 1. The fraction of sp³-hybridized carbons (Fsp3) is 0.733. The zero-order chi connectivity index (χ0) is 15.0. The number of nitrogens with zero attached hydrogens (tertiary/aromatic N) is 3. The molecular weight excluding hydrogens is 284 g/mol. The topological polar surface area (TPSA) is 48.5 Å². The Morgan fingerprint density at radius 2 is 2.24 bits per heavy atom. The minimum atomic E-state index is 0.164. The van der Waals surface area contributed by atoms with Gasteiger partial charge in [0.2, 0.25) is 5.91 Å². The molecule has 1 saturated heterocycles. The summed E-state index contributed by atoms with van der Waals surface area (Å²) >= 11 is 1.85. The third kappa shape index (κ3) is 3.12. The van der Waals surface area contributed by atoms with E-state index in [0.717, 1.165) is 39.1 Å². The van der Waals surface area contributed by atoms with Crippen molar-refractivity contribution in [3.8, 4) is 0 Å². The van der Waals surface area contributed by atoms with Crippen LogP contribution < -0.4 is 5.32 Å². The molecule has 2 aliphatic rings. The van der Waals surface area contributed by atoms with Crippen molar-refractivity contribution in [2.75, 3.05) is 26.7 Å². The Labute approximate surface area is 130 Å². The van der Waals surface area contributed by atoms with Gasteiger partial charge in [-0.15, -0.1) is 11.3 Å². The number of aromatic nitrogens is 1.